The monoisotopic (exact) mass is 398 g/mol. The topological polar surface area (TPSA) is 49.9 Å². The molecule has 4 rings (SSSR count). The van der Waals surface area contributed by atoms with Crippen LogP contribution < -0.4 is 0 Å². The van der Waals surface area contributed by atoms with Gasteiger partial charge in [0, 0.05) is 32.7 Å². The Bertz CT molecular complexity index is 935. The van der Waals surface area contributed by atoms with E-state index in [9.17, 15) is 8.42 Å². The highest BCUT2D eigenvalue weighted by atomic mass is 32.2. The van der Waals surface area contributed by atoms with Gasteiger partial charge in [-0.3, -0.25) is 4.90 Å². The van der Waals surface area contributed by atoms with Crippen LogP contribution in [0.5, 0.6) is 0 Å². The Morgan fingerprint density at radius 1 is 0.929 bits per heavy atom. The zero-order valence-electron chi connectivity index (χ0n) is 16.0. The molecule has 2 heterocycles. The summed E-state index contributed by atoms with van der Waals surface area (Å²) in [5, 5.41) is 0. The molecule has 0 radical (unpaired) electrons. The Morgan fingerprint density at radius 2 is 1.71 bits per heavy atom. The van der Waals surface area contributed by atoms with Crippen molar-refractivity contribution in [1.82, 2.24) is 9.21 Å². The Hall–Kier alpha value is -1.99. The maximum absolute atomic E-state index is 12.9. The van der Waals surface area contributed by atoms with Crippen molar-refractivity contribution in [3.05, 3.63) is 71.8 Å². The van der Waals surface area contributed by atoms with Crippen LogP contribution in [0.4, 0.5) is 0 Å². The largest absolute Gasteiger partial charge is 0.379 e. The number of rotatable bonds is 5. The van der Waals surface area contributed by atoms with Gasteiger partial charge in [-0.25, -0.2) is 8.42 Å². The van der Waals surface area contributed by atoms with Gasteiger partial charge in [0.05, 0.1) is 18.1 Å². The molecule has 0 saturated carbocycles. The van der Waals surface area contributed by atoms with E-state index in [0.29, 0.717) is 31.2 Å². The Labute approximate surface area is 167 Å². The number of morpholine rings is 1. The Balaban J connectivity index is 1.44. The smallest absolute Gasteiger partial charge is 0.243 e. The van der Waals surface area contributed by atoms with Crippen LogP contribution in [-0.4, -0.2) is 57.0 Å². The molecule has 2 aliphatic rings. The molecule has 2 aliphatic heterocycles. The van der Waals surface area contributed by atoms with Crippen LogP contribution in [-0.2, 0) is 21.3 Å². The fourth-order valence-electron chi connectivity index (χ4n) is 3.77. The van der Waals surface area contributed by atoms with Crippen molar-refractivity contribution in [3.63, 3.8) is 0 Å². The Morgan fingerprint density at radius 3 is 2.43 bits per heavy atom. The van der Waals surface area contributed by atoms with Gasteiger partial charge in [0.2, 0.25) is 10.0 Å². The molecular weight excluding hydrogens is 372 g/mol. The molecular formula is C22H26N2O3S. The highest BCUT2D eigenvalue weighted by Crippen LogP contribution is 2.24. The minimum atomic E-state index is -3.45. The minimum Gasteiger partial charge on any atom is -0.379 e. The third kappa shape index (κ3) is 4.36. The molecule has 0 spiro atoms. The number of benzene rings is 2. The van der Waals surface area contributed by atoms with Gasteiger partial charge in [0.1, 0.15) is 0 Å². The summed E-state index contributed by atoms with van der Waals surface area (Å²) in [6.07, 6.45) is 3.29. The molecule has 2 aromatic carbocycles. The van der Waals surface area contributed by atoms with Crippen LogP contribution >= 0.6 is 0 Å². The molecule has 1 saturated heterocycles. The van der Waals surface area contributed by atoms with Crippen molar-refractivity contribution in [3.8, 4) is 0 Å². The molecule has 0 N–H and O–H groups in total. The first-order chi connectivity index (χ1) is 13.6. The summed E-state index contributed by atoms with van der Waals surface area (Å²) >= 11 is 0. The molecule has 6 heteroatoms. The third-order valence-corrected chi connectivity index (χ3v) is 7.24. The molecule has 2 aromatic rings. The molecule has 0 atom stereocenters. The molecule has 1 fully saturated rings. The lowest BCUT2D eigenvalue weighted by atomic mass is 9.99. The predicted molar refractivity (Wildman–Crippen MR) is 110 cm³/mol. The van der Waals surface area contributed by atoms with Gasteiger partial charge in [-0.2, -0.15) is 4.31 Å². The summed E-state index contributed by atoms with van der Waals surface area (Å²) in [6.45, 7) is 4.37. The highest BCUT2D eigenvalue weighted by Gasteiger charge is 2.26. The van der Waals surface area contributed by atoms with E-state index in [0.717, 1.165) is 31.6 Å². The van der Waals surface area contributed by atoms with Gasteiger partial charge in [0.15, 0.2) is 0 Å². The second kappa shape index (κ2) is 8.57. The standard InChI is InChI=1S/C22H26N2O3S/c25-28(26,24-13-15-27-16-14-24)22-8-4-5-19(17-22)18-23-11-9-21(10-12-23)20-6-2-1-3-7-20/h1-9,17H,10-16,18H2. The molecule has 0 aromatic heterocycles. The number of ether oxygens (including phenoxy) is 1. The van der Waals surface area contributed by atoms with Crippen molar-refractivity contribution in [2.45, 2.75) is 17.9 Å². The summed E-state index contributed by atoms with van der Waals surface area (Å²) in [5.41, 5.74) is 3.71. The normalized spacial score (nSPS) is 19.4. The quantitative estimate of drug-likeness (QED) is 0.777. The highest BCUT2D eigenvalue weighted by molar-refractivity contribution is 7.89. The van der Waals surface area contributed by atoms with E-state index in [4.69, 9.17) is 4.74 Å². The van der Waals surface area contributed by atoms with Crippen molar-refractivity contribution >= 4 is 15.6 Å². The summed E-state index contributed by atoms with van der Waals surface area (Å²) in [4.78, 5) is 2.73. The van der Waals surface area contributed by atoms with E-state index in [1.807, 2.05) is 24.3 Å². The predicted octanol–water partition coefficient (Wildman–Crippen LogP) is 3.00. The van der Waals surface area contributed by atoms with E-state index >= 15 is 0 Å². The maximum atomic E-state index is 12.9. The number of sulfonamides is 1. The summed E-state index contributed by atoms with van der Waals surface area (Å²) in [7, 11) is -3.45. The van der Waals surface area contributed by atoms with Crippen LogP contribution in [0, 0.1) is 0 Å². The molecule has 0 aliphatic carbocycles. The van der Waals surface area contributed by atoms with Gasteiger partial charge in [0.25, 0.3) is 0 Å². The second-order valence-corrected chi connectivity index (χ2v) is 9.18. The van der Waals surface area contributed by atoms with E-state index < -0.39 is 10.0 Å². The molecule has 0 bridgehead atoms. The average molecular weight is 399 g/mol. The summed E-state index contributed by atoms with van der Waals surface area (Å²) in [5.74, 6) is 0. The van der Waals surface area contributed by atoms with Crippen LogP contribution in [0.3, 0.4) is 0 Å². The lowest BCUT2D eigenvalue weighted by Crippen LogP contribution is -2.40. The first-order valence-electron chi connectivity index (χ1n) is 9.76. The van der Waals surface area contributed by atoms with Crippen LogP contribution in [0.25, 0.3) is 5.57 Å². The second-order valence-electron chi connectivity index (χ2n) is 7.24. The number of hydrogen-bond donors (Lipinski definition) is 0. The van der Waals surface area contributed by atoms with E-state index in [-0.39, 0.29) is 0 Å². The number of hydrogen-bond acceptors (Lipinski definition) is 4. The zero-order chi connectivity index (χ0) is 19.4. The van der Waals surface area contributed by atoms with Gasteiger partial charge >= 0.3 is 0 Å². The van der Waals surface area contributed by atoms with E-state index in [2.05, 4.69) is 35.2 Å². The van der Waals surface area contributed by atoms with E-state index in [1.54, 1.807) is 6.07 Å². The van der Waals surface area contributed by atoms with Crippen LogP contribution in [0.2, 0.25) is 0 Å². The van der Waals surface area contributed by atoms with Crippen molar-refractivity contribution in [2.24, 2.45) is 0 Å². The molecule has 5 nitrogen and oxygen atoms in total. The lowest BCUT2D eigenvalue weighted by molar-refractivity contribution is 0.0730. The molecule has 148 valence electrons. The minimum absolute atomic E-state index is 0.379. The van der Waals surface area contributed by atoms with Crippen LogP contribution in [0.1, 0.15) is 17.5 Å². The third-order valence-electron chi connectivity index (χ3n) is 5.35. The average Bonchev–Trinajstić information content (AvgIpc) is 2.76. The van der Waals surface area contributed by atoms with Crippen molar-refractivity contribution < 1.29 is 13.2 Å². The zero-order valence-corrected chi connectivity index (χ0v) is 16.8. The SMILES string of the molecule is O=S(=O)(c1cccc(CN2CC=C(c3ccccc3)CC2)c1)N1CCOCC1. The van der Waals surface area contributed by atoms with Crippen LogP contribution in [0.15, 0.2) is 65.6 Å². The maximum Gasteiger partial charge on any atom is 0.243 e. The Kier molecular flexibility index (Phi) is 5.92. The fraction of sp³-hybridized carbons (Fsp3) is 0.364. The first kappa shape index (κ1) is 19.3. The molecule has 28 heavy (non-hydrogen) atoms. The van der Waals surface area contributed by atoms with Gasteiger partial charge in [-0.05, 0) is 35.3 Å². The van der Waals surface area contributed by atoms with Crippen molar-refractivity contribution in [1.29, 1.82) is 0 Å². The van der Waals surface area contributed by atoms with Gasteiger partial charge in [-0.1, -0.05) is 48.5 Å². The summed E-state index contributed by atoms with van der Waals surface area (Å²) in [6, 6.07) is 17.9. The van der Waals surface area contributed by atoms with Gasteiger partial charge < -0.3 is 4.74 Å². The van der Waals surface area contributed by atoms with Crippen molar-refractivity contribution in [2.75, 3.05) is 39.4 Å². The lowest BCUT2D eigenvalue weighted by Gasteiger charge is -2.28. The molecule has 0 unspecified atom stereocenters. The fourth-order valence-corrected chi connectivity index (χ4v) is 5.25. The number of nitrogens with zero attached hydrogens (tertiary/aromatic N) is 2. The van der Waals surface area contributed by atoms with E-state index in [1.165, 1.54) is 15.4 Å². The summed E-state index contributed by atoms with van der Waals surface area (Å²) < 4.78 is 32.6. The van der Waals surface area contributed by atoms with Gasteiger partial charge in [-0.15, -0.1) is 0 Å². The molecule has 0 amide bonds. The first-order valence-corrected chi connectivity index (χ1v) is 11.2.